The van der Waals surface area contributed by atoms with Gasteiger partial charge in [0.25, 0.3) is 5.91 Å². The molecule has 0 N–H and O–H groups in total. The summed E-state index contributed by atoms with van der Waals surface area (Å²) < 4.78 is 10.8. The minimum atomic E-state index is -0.827. The molecule has 1 aliphatic heterocycles. The average Bonchev–Trinajstić information content (AvgIpc) is 3.11. The predicted molar refractivity (Wildman–Crippen MR) is 147 cm³/mol. The van der Waals surface area contributed by atoms with Crippen molar-refractivity contribution in [3.05, 3.63) is 53.6 Å². The van der Waals surface area contributed by atoms with Crippen LogP contribution in [0.25, 0.3) is 0 Å². The average molecular weight is 521 g/mol. The van der Waals surface area contributed by atoms with Crippen molar-refractivity contribution in [3.8, 4) is 11.5 Å². The van der Waals surface area contributed by atoms with Crippen molar-refractivity contribution in [1.29, 1.82) is 0 Å². The Labute approximate surface area is 226 Å². The van der Waals surface area contributed by atoms with Crippen LogP contribution in [0.2, 0.25) is 0 Å². The maximum Gasteiger partial charge on any atom is 0.257 e. The molecule has 0 bridgehead atoms. The first-order valence-corrected chi connectivity index (χ1v) is 13.3. The first kappa shape index (κ1) is 27.7. The van der Waals surface area contributed by atoms with Gasteiger partial charge in [-0.3, -0.25) is 14.4 Å². The fraction of sp³-hybridized carbons (Fsp3) is 0.516. The van der Waals surface area contributed by atoms with Gasteiger partial charge in [0, 0.05) is 12.5 Å². The molecule has 0 spiro atoms. The van der Waals surface area contributed by atoms with Gasteiger partial charge in [-0.2, -0.15) is 0 Å². The summed E-state index contributed by atoms with van der Waals surface area (Å²) in [6.45, 7) is 12.9. The number of hydrogen-bond donors (Lipinski definition) is 0. The van der Waals surface area contributed by atoms with Crippen molar-refractivity contribution >= 4 is 23.4 Å². The van der Waals surface area contributed by atoms with Crippen LogP contribution in [0, 0.1) is 16.7 Å². The monoisotopic (exact) mass is 520 g/mol. The smallest absolute Gasteiger partial charge is 0.257 e. The minimum Gasteiger partial charge on any atom is -0.493 e. The second-order valence-electron chi connectivity index (χ2n) is 11.9. The van der Waals surface area contributed by atoms with Crippen molar-refractivity contribution < 1.29 is 23.9 Å². The van der Waals surface area contributed by atoms with Crippen molar-refractivity contribution in [2.24, 2.45) is 16.7 Å². The Hall–Kier alpha value is -3.35. The maximum atomic E-state index is 14.0. The zero-order valence-electron chi connectivity index (χ0n) is 23.8. The van der Waals surface area contributed by atoms with Crippen LogP contribution < -0.4 is 14.4 Å². The Balaban J connectivity index is 1.62. The van der Waals surface area contributed by atoms with Gasteiger partial charge in [0.1, 0.15) is 6.04 Å². The molecule has 1 atom stereocenters. The fourth-order valence-electron chi connectivity index (χ4n) is 5.82. The van der Waals surface area contributed by atoms with Crippen molar-refractivity contribution in [3.63, 3.8) is 0 Å². The lowest BCUT2D eigenvalue weighted by atomic mass is 10.0. The van der Waals surface area contributed by atoms with E-state index in [2.05, 4.69) is 41.5 Å². The molecule has 1 aliphatic carbocycles. The molecule has 1 saturated heterocycles. The Bertz CT molecular complexity index is 1220. The highest BCUT2D eigenvalue weighted by Gasteiger charge is 2.69. The molecule has 204 valence electrons. The van der Waals surface area contributed by atoms with E-state index in [9.17, 15) is 14.4 Å². The normalized spacial score (nSPS) is 20.1. The van der Waals surface area contributed by atoms with Crippen LogP contribution in [-0.4, -0.2) is 49.4 Å². The molecule has 38 heavy (non-hydrogen) atoms. The third-order valence-electron chi connectivity index (χ3n) is 8.96. The van der Waals surface area contributed by atoms with Gasteiger partial charge in [-0.15, -0.1) is 0 Å². The lowest BCUT2D eigenvalue weighted by molar-refractivity contribution is -0.140. The third-order valence-corrected chi connectivity index (χ3v) is 8.96. The maximum absolute atomic E-state index is 14.0. The van der Waals surface area contributed by atoms with E-state index < -0.39 is 6.04 Å². The summed E-state index contributed by atoms with van der Waals surface area (Å²) in [5, 5.41) is 0. The topological polar surface area (TPSA) is 76.2 Å². The minimum absolute atomic E-state index is 0.0178. The molecular formula is C31H40N2O5. The van der Waals surface area contributed by atoms with Crippen LogP contribution in [0.5, 0.6) is 11.5 Å². The van der Waals surface area contributed by atoms with E-state index in [0.717, 1.165) is 11.1 Å². The van der Waals surface area contributed by atoms with Crippen LogP contribution >= 0.6 is 0 Å². The van der Waals surface area contributed by atoms with Crippen LogP contribution in [-0.2, 0) is 20.8 Å². The van der Waals surface area contributed by atoms with E-state index in [1.165, 1.54) is 4.90 Å². The molecule has 2 fully saturated rings. The Morgan fingerprint density at radius 3 is 2.11 bits per heavy atom. The molecule has 4 rings (SSSR count). The highest BCUT2D eigenvalue weighted by molar-refractivity contribution is 6.23. The number of amides is 3. The summed E-state index contributed by atoms with van der Waals surface area (Å²) in [5.74, 6) is 0.666. The number of rotatable bonds is 9. The molecule has 1 heterocycles. The van der Waals surface area contributed by atoms with Gasteiger partial charge in [0.05, 0.1) is 26.3 Å². The van der Waals surface area contributed by atoms with Crippen LogP contribution in [0.3, 0.4) is 0 Å². The van der Waals surface area contributed by atoms with E-state index in [1.807, 2.05) is 42.5 Å². The molecule has 1 saturated carbocycles. The number of hydrogen-bond acceptors (Lipinski definition) is 5. The number of carbonyl (C=O) groups is 3. The van der Waals surface area contributed by atoms with Gasteiger partial charge >= 0.3 is 0 Å². The van der Waals surface area contributed by atoms with Gasteiger partial charge < -0.3 is 14.4 Å². The van der Waals surface area contributed by atoms with Gasteiger partial charge in [0.2, 0.25) is 11.8 Å². The van der Waals surface area contributed by atoms with Crippen LogP contribution in [0.4, 0.5) is 5.69 Å². The highest BCUT2D eigenvalue weighted by atomic mass is 16.5. The number of ether oxygens (including phenoxy) is 2. The summed E-state index contributed by atoms with van der Waals surface area (Å²) >= 11 is 0. The van der Waals surface area contributed by atoms with Crippen molar-refractivity contribution in [1.82, 2.24) is 4.90 Å². The van der Waals surface area contributed by atoms with Crippen LogP contribution in [0.1, 0.15) is 65.0 Å². The number of benzene rings is 2. The second kappa shape index (κ2) is 10.1. The number of carbonyl (C=O) groups excluding carboxylic acids is 3. The third kappa shape index (κ3) is 4.67. The summed E-state index contributed by atoms with van der Waals surface area (Å²) in [5.41, 5.74) is 2.25. The zero-order chi connectivity index (χ0) is 28.0. The molecule has 0 aromatic heterocycles. The molecule has 7 heteroatoms. The lowest BCUT2D eigenvalue weighted by Gasteiger charge is -2.29. The molecule has 7 nitrogen and oxygen atoms in total. The Morgan fingerprint density at radius 2 is 1.58 bits per heavy atom. The Kier molecular flexibility index (Phi) is 7.34. The van der Waals surface area contributed by atoms with Gasteiger partial charge in [0.15, 0.2) is 11.5 Å². The first-order chi connectivity index (χ1) is 17.8. The Morgan fingerprint density at radius 1 is 0.974 bits per heavy atom. The SMILES string of the molecule is COc1ccc(CCN(C(=O)C2C(C)(C)C2(C)C)C2CC(=O)N(c3ccc(C(C)C)cc3)C2=O)cc1OC. The van der Waals surface area contributed by atoms with Crippen molar-refractivity contribution in [2.45, 2.75) is 66.3 Å². The van der Waals surface area contributed by atoms with E-state index in [1.54, 1.807) is 19.1 Å². The quantitative estimate of drug-likeness (QED) is 0.424. The molecule has 2 aromatic rings. The first-order valence-electron chi connectivity index (χ1n) is 13.3. The summed E-state index contributed by atoms with van der Waals surface area (Å²) in [4.78, 5) is 43.7. The molecule has 1 unspecified atom stereocenters. The largest absolute Gasteiger partial charge is 0.493 e. The lowest BCUT2D eigenvalue weighted by Crippen LogP contribution is -2.47. The van der Waals surface area contributed by atoms with Gasteiger partial charge in [-0.25, -0.2) is 4.90 Å². The fourth-order valence-corrected chi connectivity index (χ4v) is 5.82. The molecule has 3 amide bonds. The van der Waals surface area contributed by atoms with Crippen molar-refractivity contribution in [2.75, 3.05) is 25.7 Å². The van der Waals surface area contributed by atoms with E-state index >= 15 is 0 Å². The number of nitrogens with zero attached hydrogens (tertiary/aromatic N) is 2. The number of imide groups is 1. The predicted octanol–water partition coefficient (Wildman–Crippen LogP) is 5.21. The van der Waals surface area contributed by atoms with E-state index in [-0.39, 0.29) is 40.9 Å². The molecule has 2 aliphatic rings. The molecule has 0 radical (unpaired) electrons. The second-order valence-corrected chi connectivity index (χ2v) is 11.9. The van der Waals surface area contributed by atoms with Gasteiger partial charge in [-0.1, -0.05) is 59.7 Å². The summed E-state index contributed by atoms with van der Waals surface area (Å²) in [7, 11) is 3.17. The zero-order valence-corrected chi connectivity index (χ0v) is 23.8. The number of anilines is 1. The van der Waals surface area contributed by atoms with Gasteiger partial charge in [-0.05, 0) is 58.6 Å². The summed E-state index contributed by atoms with van der Waals surface area (Å²) in [6.07, 6.45) is 0.497. The van der Waals surface area contributed by atoms with E-state index in [0.29, 0.717) is 36.1 Å². The highest BCUT2D eigenvalue weighted by Crippen LogP contribution is 2.69. The van der Waals surface area contributed by atoms with Crippen LogP contribution in [0.15, 0.2) is 42.5 Å². The summed E-state index contributed by atoms with van der Waals surface area (Å²) in [6, 6.07) is 12.3. The van der Waals surface area contributed by atoms with E-state index in [4.69, 9.17) is 9.47 Å². The number of methoxy groups -OCH3 is 2. The molecule has 2 aromatic carbocycles. The molecular weight excluding hydrogens is 480 g/mol. The standard InChI is InChI=1S/C31H40N2O5/c1-19(2)21-10-12-22(13-11-21)33-26(34)18-23(28(33)35)32(29(36)27-30(3,4)31(27,5)6)16-15-20-9-14-24(37-7)25(17-20)38-8/h9-14,17,19,23,27H,15-16,18H2,1-8H3.